The van der Waals surface area contributed by atoms with Gasteiger partial charge in [-0.1, -0.05) is 27.2 Å². The Bertz CT molecular complexity index is 510. The zero-order valence-electron chi connectivity index (χ0n) is 16.1. The third-order valence-corrected chi connectivity index (χ3v) is 5.67. The molecular formula is C19H33N3O3. The summed E-state index contributed by atoms with van der Waals surface area (Å²) >= 11 is 0. The fraction of sp³-hybridized carbons (Fsp3) is 0.842. The molecule has 1 unspecified atom stereocenters. The maximum Gasteiger partial charge on any atom is 0.325 e. The van der Waals surface area contributed by atoms with E-state index in [0.717, 1.165) is 37.0 Å². The van der Waals surface area contributed by atoms with Gasteiger partial charge in [0.25, 0.3) is 5.91 Å². The van der Waals surface area contributed by atoms with E-state index in [0.29, 0.717) is 24.7 Å². The van der Waals surface area contributed by atoms with Gasteiger partial charge in [0, 0.05) is 6.04 Å². The summed E-state index contributed by atoms with van der Waals surface area (Å²) in [6, 6.07) is -0.380. The Labute approximate surface area is 151 Å². The van der Waals surface area contributed by atoms with Crippen LogP contribution in [0.15, 0.2) is 0 Å². The highest BCUT2D eigenvalue weighted by Crippen LogP contribution is 2.37. The zero-order valence-corrected chi connectivity index (χ0v) is 16.1. The van der Waals surface area contributed by atoms with E-state index in [1.165, 1.54) is 0 Å². The van der Waals surface area contributed by atoms with Crippen molar-refractivity contribution in [3.8, 4) is 0 Å². The van der Waals surface area contributed by atoms with Crippen molar-refractivity contribution in [2.75, 3.05) is 6.54 Å². The number of nitrogens with zero attached hydrogens (tertiary/aromatic N) is 1. The Balaban J connectivity index is 1.89. The summed E-state index contributed by atoms with van der Waals surface area (Å²) in [5.74, 6) is 0.731. The van der Waals surface area contributed by atoms with E-state index in [1.54, 1.807) is 0 Å². The smallest absolute Gasteiger partial charge is 0.325 e. The van der Waals surface area contributed by atoms with Gasteiger partial charge in [-0.05, 0) is 57.3 Å². The van der Waals surface area contributed by atoms with Gasteiger partial charge in [-0.2, -0.15) is 0 Å². The molecule has 1 spiro atoms. The molecule has 0 aromatic carbocycles. The molecule has 1 heterocycles. The predicted molar refractivity (Wildman–Crippen MR) is 96.9 cm³/mol. The van der Waals surface area contributed by atoms with Crippen LogP contribution in [0, 0.1) is 11.8 Å². The van der Waals surface area contributed by atoms with Crippen LogP contribution in [0.2, 0.25) is 0 Å². The van der Waals surface area contributed by atoms with Crippen LogP contribution in [0.25, 0.3) is 0 Å². The van der Waals surface area contributed by atoms with Gasteiger partial charge in [-0.15, -0.1) is 0 Å². The highest BCUT2D eigenvalue weighted by atomic mass is 16.2. The van der Waals surface area contributed by atoms with Gasteiger partial charge < -0.3 is 10.6 Å². The molecule has 1 aliphatic carbocycles. The first-order valence-electron chi connectivity index (χ1n) is 9.71. The molecule has 6 heteroatoms. The molecule has 2 rings (SSSR count). The second-order valence-corrected chi connectivity index (χ2v) is 8.19. The van der Waals surface area contributed by atoms with Crippen LogP contribution in [0.1, 0.15) is 72.6 Å². The lowest BCUT2D eigenvalue weighted by molar-refractivity contribution is -0.136. The molecule has 2 N–H and O–H groups in total. The third kappa shape index (κ3) is 4.73. The number of amides is 4. The Hall–Kier alpha value is -1.59. The van der Waals surface area contributed by atoms with E-state index in [4.69, 9.17) is 0 Å². The van der Waals surface area contributed by atoms with Crippen LogP contribution in [-0.2, 0) is 9.59 Å². The van der Waals surface area contributed by atoms with Crippen molar-refractivity contribution in [2.45, 2.75) is 84.2 Å². The SMILES string of the molecule is CCC1CCC2(CC1)NC(=O)N(CC(=O)NC(C)CCC(C)C)C2=O. The van der Waals surface area contributed by atoms with Gasteiger partial charge in [0.2, 0.25) is 5.91 Å². The molecule has 25 heavy (non-hydrogen) atoms. The molecule has 4 amide bonds. The second kappa shape index (κ2) is 8.19. The summed E-state index contributed by atoms with van der Waals surface area (Å²) in [7, 11) is 0. The molecular weight excluding hydrogens is 318 g/mol. The summed E-state index contributed by atoms with van der Waals surface area (Å²) in [6.45, 7) is 8.23. The number of rotatable bonds is 7. The van der Waals surface area contributed by atoms with Crippen molar-refractivity contribution in [2.24, 2.45) is 11.8 Å². The standard InChI is InChI=1S/C19H33N3O3/c1-5-15-8-10-19(11-9-15)17(24)22(18(25)21-19)12-16(23)20-14(4)7-6-13(2)3/h13-15H,5-12H2,1-4H3,(H,20,23)(H,21,25). The van der Waals surface area contributed by atoms with Crippen molar-refractivity contribution < 1.29 is 14.4 Å². The second-order valence-electron chi connectivity index (χ2n) is 8.19. The molecule has 0 aromatic heterocycles. The molecule has 0 bridgehead atoms. The molecule has 1 aliphatic heterocycles. The van der Waals surface area contributed by atoms with Gasteiger partial charge in [0.1, 0.15) is 12.1 Å². The van der Waals surface area contributed by atoms with Crippen LogP contribution in [0.3, 0.4) is 0 Å². The van der Waals surface area contributed by atoms with Gasteiger partial charge in [0.05, 0.1) is 0 Å². The van der Waals surface area contributed by atoms with E-state index in [-0.39, 0.29) is 24.4 Å². The Kier molecular flexibility index (Phi) is 6.47. The van der Waals surface area contributed by atoms with E-state index in [1.807, 2.05) is 6.92 Å². The molecule has 2 fully saturated rings. The first-order valence-corrected chi connectivity index (χ1v) is 9.71. The van der Waals surface area contributed by atoms with Crippen molar-refractivity contribution in [3.63, 3.8) is 0 Å². The normalized spacial score (nSPS) is 27.7. The summed E-state index contributed by atoms with van der Waals surface area (Å²) in [5, 5.41) is 5.77. The molecule has 0 aromatic rings. The average molecular weight is 351 g/mol. The lowest BCUT2D eigenvalue weighted by Gasteiger charge is -2.34. The van der Waals surface area contributed by atoms with Crippen molar-refractivity contribution in [1.29, 1.82) is 0 Å². The molecule has 6 nitrogen and oxygen atoms in total. The molecule has 2 aliphatic rings. The number of carbonyl (C=O) groups is 3. The lowest BCUT2D eigenvalue weighted by Crippen LogP contribution is -2.50. The minimum absolute atomic E-state index is 0.0459. The Morgan fingerprint density at radius 2 is 1.88 bits per heavy atom. The Morgan fingerprint density at radius 1 is 1.24 bits per heavy atom. The summed E-state index contributed by atoms with van der Waals surface area (Å²) in [5.41, 5.74) is -0.772. The number of imide groups is 1. The highest BCUT2D eigenvalue weighted by molar-refractivity contribution is 6.09. The third-order valence-electron chi connectivity index (χ3n) is 5.67. The van der Waals surface area contributed by atoms with Crippen LogP contribution >= 0.6 is 0 Å². The van der Waals surface area contributed by atoms with E-state index in [2.05, 4.69) is 31.4 Å². The molecule has 0 radical (unpaired) electrons. The number of urea groups is 1. The average Bonchev–Trinajstić information content (AvgIpc) is 2.78. The summed E-state index contributed by atoms with van der Waals surface area (Å²) < 4.78 is 0. The van der Waals surface area contributed by atoms with Crippen LogP contribution < -0.4 is 10.6 Å². The Morgan fingerprint density at radius 3 is 2.44 bits per heavy atom. The number of carbonyl (C=O) groups excluding carboxylic acids is 3. The first-order chi connectivity index (χ1) is 11.8. The van der Waals surface area contributed by atoms with E-state index < -0.39 is 11.6 Å². The van der Waals surface area contributed by atoms with Crippen molar-refractivity contribution >= 4 is 17.8 Å². The van der Waals surface area contributed by atoms with Gasteiger partial charge in [-0.3, -0.25) is 14.5 Å². The molecule has 1 saturated heterocycles. The fourth-order valence-corrected chi connectivity index (χ4v) is 3.86. The highest BCUT2D eigenvalue weighted by Gasteiger charge is 2.52. The summed E-state index contributed by atoms with van der Waals surface area (Å²) in [6.07, 6.45) is 6.30. The number of hydrogen-bond acceptors (Lipinski definition) is 3. The predicted octanol–water partition coefficient (Wildman–Crippen LogP) is 2.82. The maximum absolute atomic E-state index is 12.8. The largest absolute Gasteiger partial charge is 0.352 e. The molecule has 142 valence electrons. The quantitative estimate of drug-likeness (QED) is 0.692. The van der Waals surface area contributed by atoms with Crippen molar-refractivity contribution in [3.05, 3.63) is 0 Å². The van der Waals surface area contributed by atoms with Crippen LogP contribution in [-0.4, -0.2) is 40.9 Å². The minimum Gasteiger partial charge on any atom is -0.352 e. The van der Waals surface area contributed by atoms with Crippen molar-refractivity contribution in [1.82, 2.24) is 15.5 Å². The van der Waals surface area contributed by atoms with Crippen LogP contribution in [0.4, 0.5) is 4.79 Å². The van der Waals surface area contributed by atoms with Gasteiger partial charge in [0.15, 0.2) is 0 Å². The summed E-state index contributed by atoms with van der Waals surface area (Å²) in [4.78, 5) is 38.4. The first kappa shape index (κ1) is 19.7. The molecule has 1 atom stereocenters. The fourth-order valence-electron chi connectivity index (χ4n) is 3.86. The van der Waals surface area contributed by atoms with E-state index in [9.17, 15) is 14.4 Å². The van der Waals surface area contributed by atoms with Crippen LogP contribution in [0.5, 0.6) is 0 Å². The minimum atomic E-state index is -0.772. The monoisotopic (exact) mass is 351 g/mol. The molecule has 1 saturated carbocycles. The van der Waals surface area contributed by atoms with Gasteiger partial charge in [-0.25, -0.2) is 4.79 Å². The van der Waals surface area contributed by atoms with E-state index >= 15 is 0 Å². The number of nitrogens with one attached hydrogen (secondary N) is 2. The number of hydrogen-bond donors (Lipinski definition) is 2. The maximum atomic E-state index is 12.8. The zero-order chi connectivity index (χ0) is 18.6. The lowest BCUT2D eigenvalue weighted by atomic mass is 9.75. The topological polar surface area (TPSA) is 78.5 Å². The van der Waals surface area contributed by atoms with Gasteiger partial charge >= 0.3 is 6.03 Å².